The Bertz CT molecular complexity index is 971. The Morgan fingerprint density at radius 2 is 1.71 bits per heavy atom. The molecule has 31 heavy (non-hydrogen) atoms. The highest BCUT2D eigenvalue weighted by Crippen LogP contribution is 2.41. The molecule has 0 saturated carbocycles. The Balaban J connectivity index is 2.16. The number of carbonyl (C=O) groups is 1. The molecule has 0 aromatic heterocycles. The van der Waals surface area contributed by atoms with Gasteiger partial charge in [-0.3, -0.25) is 9.00 Å². The molecular formula is C19H18Br3F3N2O3S. The van der Waals surface area contributed by atoms with Crippen molar-refractivity contribution in [2.75, 3.05) is 23.9 Å². The molecule has 2 atom stereocenters. The minimum absolute atomic E-state index is 0.112. The van der Waals surface area contributed by atoms with Crippen LogP contribution in [-0.4, -0.2) is 40.0 Å². The number of anilines is 1. The van der Waals surface area contributed by atoms with Crippen molar-refractivity contribution in [1.82, 2.24) is 5.32 Å². The SMILES string of the molecule is C[S@@](=O)CC(=O)NCc1ccc(NC[C@](O)(c2cc(Br)cc(Br)c2)C(F)(F)F)cc1Br. The lowest BCUT2D eigenvalue weighted by Crippen LogP contribution is -2.47. The number of amides is 1. The molecule has 0 heterocycles. The molecule has 2 aromatic rings. The zero-order chi connectivity index (χ0) is 23.4. The standard InChI is InChI=1S/C19H18Br3F3N2O3S/c1-31(30)9-17(28)26-8-11-2-3-15(7-16(11)22)27-10-18(29,19(23,24)25)12-4-13(20)6-14(21)5-12/h2-7,27,29H,8-10H2,1H3,(H,26,28)/t18-,31+/m0/s1. The maximum atomic E-state index is 13.8. The average Bonchev–Trinajstić information content (AvgIpc) is 2.63. The van der Waals surface area contributed by atoms with E-state index in [9.17, 15) is 27.3 Å². The van der Waals surface area contributed by atoms with Crippen molar-refractivity contribution in [2.24, 2.45) is 0 Å². The van der Waals surface area contributed by atoms with E-state index in [0.29, 0.717) is 24.7 Å². The number of halogens is 6. The number of benzene rings is 2. The molecule has 0 spiro atoms. The van der Waals surface area contributed by atoms with Gasteiger partial charge in [0.05, 0.1) is 6.54 Å². The van der Waals surface area contributed by atoms with Crippen molar-refractivity contribution in [2.45, 2.75) is 18.3 Å². The van der Waals surface area contributed by atoms with Gasteiger partial charge in [-0.05, 0) is 41.5 Å². The van der Waals surface area contributed by atoms with Gasteiger partial charge in [-0.15, -0.1) is 0 Å². The number of carbonyl (C=O) groups excluding carboxylic acids is 1. The minimum atomic E-state index is -4.93. The average molecular weight is 651 g/mol. The number of hydrogen-bond donors (Lipinski definition) is 3. The molecular weight excluding hydrogens is 633 g/mol. The second-order valence-corrected chi connectivity index (χ2v) is 10.8. The van der Waals surface area contributed by atoms with E-state index >= 15 is 0 Å². The van der Waals surface area contributed by atoms with Crippen molar-refractivity contribution in [1.29, 1.82) is 0 Å². The van der Waals surface area contributed by atoms with E-state index in [1.165, 1.54) is 24.5 Å². The molecule has 2 aromatic carbocycles. The van der Waals surface area contributed by atoms with E-state index in [1.54, 1.807) is 18.2 Å². The molecule has 0 fully saturated rings. The van der Waals surface area contributed by atoms with Crippen LogP contribution in [0.15, 0.2) is 49.8 Å². The zero-order valence-corrected chi connectivity index (χ0v) is 21.6. The second-order valence-electron chi connectivity index (χ2n) is 6.67. The Labute approximate surface area is 205 Å². The molecule has 0 radical (unpaired) electrons. The highest BCUT2D eigenvalue weighted by molar-refractivity contribution is 9.11. The zero-order valence-electron chi connectivity index (χ0n) is 16.0. The van der Waals surface area contributed by atoms with E-state index in [-0.39, 0.29) is 23.8 Å². The van der Waals surface area contributed by atoms with Crippen molar-refractivity contribution >= 4 is 70.2 Å². The fraction of sp³-hybridized carbons (Fsp3) is 0.316. The lowest BCUT2D eigenvalue weighted by Gasteiger charge is -2.32. The van der Waals surface area contributed by atoms with Crippen LogP contribution < -0.4 is 10.6 Å². The van der Waals surface area contributed by atoms with Crippen molar-refractivity contribution in [3.63, 3.8) is 0 Å². The van der Waals surface area contributed by atoms with Crippen molar-refractivity contribution in [3.05, 3.63) is 60.9 Å². The molecule has 0 saturated heterocycles. The Morgan fingerprint density at radius 1 is 1.10 bits per heavy atom. The molecule has 0 bridgehead atoms. The van der Waals surface area contributed by atoms with Gasteiger partial charge in [-0.25, -0.2) is 0 Å². The van der Waals surface area contributed by atoms with Crippen LogP contribution in [0, 0.1) is 0 Å². The fourth-order valence-corrected chi connectivity index (χ4v) is 4.90. The van der Waals surface area contributed by atoms with Crippen LogP contribution in [0.4, 0.5) is 18.9 Å². The van der Waals surface area contributed by atoms with Gasteiger partial charge in [0.25, 0.3) is 0 Å². The number of hydrogen-bond acceptors (Lipinski definition) is 4. The predicted octanol–water partition coefficient (Wildman–Crippen LogP) is 4.83. The summed E-state index contributed by atoms with van der Waals surface area (Å²) in [5.74, 6) is -0.482. The van der Waals surface area contributed by atoms with Crippen LogP contribution in [0.5, 0.6) is 0 Å². The van der Waals surface area contributed by atoms with Crippen LogP contribution >= 0.6 is 47.8 Å². The van der Waals surface area contributed by atoms with Crippen LogP contribution in [0.1, 0.15) is 11.1 Å². The first-order valence-corrected chi connectivity index (χ1v) is 12.8. The molecule has 5 nitrogen and oxygen atoms in total. The second kappa shape index (κ2) is 10.8. The van der Waals surface area contributed by atoms with Gasteiger partial charge in [-0.2, -0.15) is 13.2 Å². The van der Waals surface area contributed by atoms with Gasteiger partial charge in [0.2, 0.25) is 11.5 Å². The monoisotopic (exact) mass is 648 g/mol. The third-order valence-electron chi connectivity index (χ3n) is 4.22. The lowest BCUT2D eigenvalue weighted by atomic mass is 9.93. The van der Waals surface area contributed by atoms with Gasteiger partial charge in [0.15, 0.2) is 0 Å². The predicted molar refractivity (Wildman–Crippen MR) is 125 cm³/mol. The number of nitrogens with one attached hydrogen (secondary N) is 2. The van der Waals surface area contributed by atoms with Crippen LogP contribution in [0.3, 0.4) is 0 Å². The summed E-state index contributed by atoms with van der Waals surface area (Å²) >= 11 is 9.61. The van der Waals surface area contributed by atoms with E-state index < -0.39 is 29.1 Å². The highest BCUT2D eigenvalue weighted by atomic mass is 79.9. The van der Waals surface area contributed by atoms with Gasteiger partial charge in [-0.1, -0.05) is 53.9 Å². The molecule has 0 aliphatic heterocycles. The van der Waals surface area contributed by atoms with Gasteiger partial charge in [0.1, 0.15) is 5.75 Å². The summed E-state index contributed by atoms with van der Waals surface area (Å²) in [7, 11) is -1.26. The molecule has 0 unspecified atom stereocenters. The molecule has 0 aliphatic rings. The maximum absolute atomic E-state index is 13.8. The summed E-state index contributed by atoms with van der Waals surface area (Å²) in [5, 5.41) is 15.8. The largest absolute Gasteiger partial charge is 0.423 e. The van der Waals surface area contributed by atoms with Gasteiger partial charge in [0, 0.05) is 42.7 Å². The molecule has 170 valence electrons. The molecule has 1 amide bonds. The van der Waals surface area contributed by atoms with E-state index in [1.807, 2.05) is 0 Å². The maximum Gasteiger partial charge on any atom is 0.423 e. The van der Waals surface area contributed by atoms with Crippen molar-refractivity contribution in [3.8, 4) is 0 Å². The topological polar surface area (TPSA) is 78.4 Å². The van der Waals surface area contributed by atoms with Crippen LogP contribution in [0.2, 0.25) is 0 Å². The first kappa shape index (κ1) is 26.3. The number of alkyl halides is 3. The fourth-order valence-electron chi connectivity index (χ4n) is 2.62. The Hall–Kier alpha value is -0.950. The number of rotatable bonds is 8. The Morgan fingerprint density at radius 3 is 2.23 bits per heavy atom. The van der Waals surface area contributed by atoms with E-state index in [2.05, 4.69) is 58.4 Å². The third-order valence-corrected chi connectivity index (χ3v) is 6.54. The number of aliphatic hydroxyl groups is 1. The van der Waals surface area contributed by atoms with E-state index in [0.717, 1.165) is 0 Å². The normalized spacial score (nSPS) is 14.6. The summed E-state index contributed by atoms with van der Waals surface area (Å²) in [6.45, 7) is -0.653. The van der Waals surface area contributed by atoms with Gasteiger partial charge >= 0.3 is 6.18 Å². The van der Waals surface area contributed by atoms with Crippen molar-refractivity contribution < 1.29 is 27.3 Å². The smallest absolute Gasteiger partial charge is 0.381 e. The summed E-state index contributed by atoms with van der Waals surface area (Å²) in [6.07, 6.45) is -3.51. The minimum Gasteiger partial charge on any atom is -0.381 e. The molecule has 12 heteroatoms. The summed E-state index contributed by atoms with van der Waals surface area (Å²) < 4.78 is 53.7. The highest BCUT2D eigenvalue weighted by Gasteiger charge is 2.55. The third kappa shape index (κ3) is 7.28. The summed E-state index contributed by atoms with van der Waals surface area (Å²) in [4.78, 5) is 11.6. The Kier molecular flexibility index (Phi) is 9.15. The van der Waals surface area contributed by atoms with Gasteiger partial charge < -0.3 is 15.7 Å². The first-order valence-electron chi connectivity index (χ1n) is 8.66. The summed E-state index contributed by atoms with van der Waals surface area (Å²) in [5.41, 5.74) is -2.43. The molecule has 0 aliphatic carbocycles. The first-order chi connectivity index (χ1) is 14.3. The molecule has 2 rings (SSSR count). The lowest BCUT2D eigenvalue weighted by molar-refractivity contribution is -0.260. The van der Waals surface area contributed by atoms with E-state index in [4.69, 9.17) is 0 Å². The molecule has 3 N–H and O–H groups in total. The van der Waals surface area contributed by atoms with Crippen LogP contribution in [0.25, 0.3) is 0 Å². The quantitative estimate of drug-likeness (QED) is 0.383. The van der Waals surface area contributed by atoms with Crippen LogP contribution in [-0.2, 0) is 27.7 Å². The summed E-state index contributed by atoms with van der Waals surface area (Å²) in [6, 6.07) is 8.71.